The van der Waals surface area contributed by atoms with Crippen molar-refractivity contribution in [3.8, 4) is 107 Å². The minimum absolute atomic E-state index is 0.0469. The number of pyridine rings is 3. The first-order valence-electron chi connectivity index (χ1n) is 50.1. The van der Waals surface area contributed by atoms with Crippen molar-refractivity contribution < 1.29 is 66.4 Å². The Morgan fingerprint density at radius 3 is 1.14 bits per heavy atom. The van der Waals surface area contributed by atoms with Crippen molar-refractivity contribution in [2.75, 3.05) is 7.11 Å². The zero-order valence-electron chi connectivity index (χ0n) is 86.5. The summed E-state index contributed by atoms with van der Waals surface area (Å²) in [5.74, 6) is 17.0. The number of ether oxygens (including phenoxy) is 1. The Kier molecular flexibility index (Phi) is 35.4. The number of halogens is 8. The van der Waals surface area contributed by atoms with E-state index in [4.69, 9.17) is 63.3 Å². The highest BCUT2D eigenvalue weighted by molar-refractivity contribution is 6.35. The highest BCUT2D eigenvalue weighted by Gasteiger charge is 2.35. The molecule has 0 fully saturated rings. The van der Waals surface area contributed by atoms with Gasteiger partial charge in [0.1, 0.15) is 97.9 Å². The summed E-state index contributed by atoms with van der Waals surface area (Å²) in [6.07, 6.45) is 1.63. The average Bonchev–Trinajstić information content (AvgIpc) is 1.65. The molecule has 11 aromatic heterocycles. The van der Waals surface area contributed by atoms with Crippen LogP contribution in [0.5, 0.6) is 5.75 Å². The van der Waals surface area contributed by atoms with E-state index in [1.165, 1.54) is 58.0 Å². The number of hydrogen-bond donors (Lipinski definition) is 0. The van der Waals surface area contributed by atoms with E-state index in [0.717, 1.165) is 155 Å². The molecule has 0 radical (unpaired) electrons. The van der Waals surface area contributed by atoms with Gasteiger partial charge in [-0.2, -0.15) is 26.3 Å². The summed E-state index contributed by atoms with van der Waals surface area (Å²) < 4.78 is 130. The number of methoxy groups -OCH3 is 1. The summed E-state index contributed by atoms with van der Waals surface area (Å²) >= 11 is 11.9. The van der Waals surface area contributed by atoms with Crippen molar-refractivity contribution in [3.63, 3.8) is 0 Å². The molecule has 0 saturated carbocycles. The van der Waals surface area contributed by atoms with Crippen molar-refractivity contribution in [1.82, 2.24) is 15.0 Å². The molecule has 0 spiro atoms. The first kappa shape index (κ1) is 108. The number of fused-ring (bicyclic) bond motifs is 5. The number of furan rings is 8. The lowest BCUT2D eigenvalue weighted by Gasteiger charge is -2.11. The normalized spacial score (nSPS) is 11.7. The molecule has 0 bridgehead atoms. The van der Waals surface area contributed by atoms with Gasteiger partial charge in [0.2, 0.25) is 0 Å². The van der Waals surface area contributed by atoms with Gasteiger partial charge in [0, 0.05) is 131 Å². The molecule has 12 nitrogen and oxygen atoms in total. The SMILES string of the molecule is CC(C)c1ccc(-c2cc(C(F)(F)F)c3ncccc3c2)o1.CC(C)c1ccc(-c2cc(Cl)cc(Cl)c2)o1.CC(C)c1ccc(-c2ccc3c(c2)C=CC3)o1.CC(C)c1ccc(-c2ccc3ccccc3c2)o1.CC(C)c1ccc(-c2ccc3ncccc3c2)o1.CC(C)c1ccc(-c2cccc(-c3ccccc3)c2)o1.CC(C)c1ccc(-c2cnc3ccccc3c2)o1.COc1ccc(C(F)(F)F)cc1-c1ccc(C(C)C)o1. The van der Waals surface area contributed by atoms with Crippen LogP contribution >= 0.6 is 23.2 Å². The largest absolute Gasteiger partial charge is 0.496 e. The van der Waals surface area contributed by atoms with E-state index in [1.54, 1.807) is 48.5 Å². The number of benzene rings is 10. The highest BCUT2D eigenvalue weighted by Crippen LogP contribution is 2.44. The lowest BCUT2D eigenvalue weighted by Crippen LogP contribution is -2.07. The Labute approximate surface area is 876 Å². The summed E-state index contributed by atoms with van der Waals surface area (Å²) in [6, 6.07) is 107. The summed E-state index contributed by atoms with van der Waals surface area (Å²) in [5.41, 5.74) is 12.8. The van der Waals surface area contributed by atoms with Crippen LogP contribution in [0.15, 0.2) is 394 Å². The third-order valence-electron chi connectivity index (χ3n) is 24.9. The third kappa shape index (κ3) is 28.1. The molecule has 20 heteroatoms. The lowest BCUT2D eigenvalue weighted by atomic mass is 10.0. The maximum absolute atomic E-state index is 13.3. The van der Waals surface area contributed by atoms with Crippen LogP contribution < -0.4 is 4.74 Å². The van der Waals surface area contributed by atoms with Gasteiger partial charge in [0.05, 0.1) is 40.4 Å². The minimum Gasteiger partial charge on any atom is -0.496 e. The standard InChI is InChI=1S/C19H18O.C17H14F3NO.C17H16O.2C16H15NO.C16H16O.C15H15F3O2.C13H12Cl2O/c1-14(2)18-11-12-19(20-18)17-10-6-9-16(13-17)15-7-4-3-5-8-15;1-10(2)14-5-6-15(22-14)12-8-11-4-3-7-21-16(11)13(9-12)17(18,19)20;1-12(2)16-9-10-17(18-16)15-8-7-13-5-3-4-6-14(13)11-15;1-11(2)15-7-8-16(18-15)13-5-6-14-12(10-13)4-3-9-17-14;1-11(2)15-7-8-16(18-15)13-9-12-5-3-4-6-14(12)17-10-13;1-11(2)15-8-9-16(17-15)14-7-6-12-4-3-5-13(12)10-14;1-9(2)12-6-7-14(20-12)11-8-10(15(16,17)18)4-5-13(11)19-3;1-8(2)12-3-4-13(16-12)9-5-10(14)7-11(15)6-9/h3-14H,1-2H3;3-10H,1-2H3;3-12H,1-2H3;2*3-11H,1-2H3;3,5-11H,4H2,1-2H3;4-9H,1-3H3;3-8H,1-2H3. The smallest absolute Gasteiger partial charge is 0.418 e. The maximum Gasteiger partial charge on any atom is 0.418 e. The van der Waals surface area contributed by atoms with Gasteiger partial charge in [-0.1, -0.05) is 274 Å². The Bertz CT molecular complexity index is 7740. The van der Waals surface area contributed by atoms with Crippen molar-refractivity contribution >= 4 is 72.8 Å². The number of aromatic nitrogens is 3. The summed E-state index contributed by atoms with van der Waals surface area (Å²) in [7, 11) is 1.42. The van der Waals surface area contributed by atoms with Gasteiger partial charge in [-0.05, 0) is 246 Å². The number of rotatable bonds is 18. The van der Waals surface area contributed by atoms with Gasteiger partial charge in [-0.15, -0.1) is 0 Å². The van der Waals surface area contributed by atoms with Gasteiger partial charge >= 0.3 is 12.4 Å². The molecular formula is C129H121Cl2F6N3O9. The molecule has 0 aliphatic heterocycles. The zero-order valence-corrected chi connectivity index (χ0v) is 88.0. The van der Waals surface area contributed by atoms with Gasteiger partial charge in [-0.3, -0.25) is 15.0 Å². The average molecular weight is 2040 g/mol. The molecule has 1 aliphatic rings. The monoisotopic (exact) mass is 2040 g/mol. The highest BCUT2D eigenvalue weighted by atomic mass is 35.5. The predicted molar refractivity (Wildman–Crippen MR) is 594 cm³/mol. The quantitative estimate of drug-likeness (QED) is 0.0752. The molecule has 0 atom stereocenters. The third-order valence-corrected chi connectivity index (χ3v) is 25.4. The molecule has 0 amide bonds. The fourth-order valence-electron chi connectivity index (χ4n) is 16.5. The molecule has 1 aliphatic carbocycles. The zero-order chi connectivity index (χ0) is 106. The minimum atomic E-state index is -4.46. The topological polar surface area (TPSA) is 153 Å². The Morgan fingerprint density at radius 2 is 0.651 bits per heavy atom. The second-order valence-corrected chi connectivity index (χ2v) is 39.8. The van der Waals surface area contributed by atoms with E-state index in [-0.39, 0.29) is 17.4 Å². The molecule has 10 aromatic carbocycles. The first-order chi connectivity index (χ1) is 71.4. The molecule has 0 saturated heterocycles. The van der Waals surface area contributed by atoms with Crippen LogP contribution in [0.3, 0.4) is 0 Å². The first-order valence-corrected chi connectivity index (χ1v) is 50.8. The van der Waals surface area contributed by atoms with Crippen LogP contribution in [-0.4, -0.2) is 22.1 Å². The fraction of sp³-hybridized carbons (Fsp3) is 0.217. The molecule has 0 unspecified atom stereocenters. The summed E-state index contributed by atoms with van der Waals surface area (Å²) in [5, 5.41) is 6.45. The summed E-state index contributed by atoms with van der Waals surface area (Å²) in [6.45, 7) is 33.4. The summed E-state index contributed by atoms with van der Waals surface area (Å²) in [4.78, 5) is 12.6. The van der Waals surface area contributed by atoms with Gasteiger partial charge in [0.25, 0.3) is 0 Å². The van der Waals surface area contributed by atoms with Crippen molar-refractivity contribution in [2.24, 2.45) is 0 Å². The number of hydrogen-bond acceptors (Lipinski definition) is 12. The number of nitrogens with zero attached hydrogens (tertiary/aromatic N) is 3. The molecule has 149 heavy (non-hydrogen) atoms. The van der Waals surface area contributed by atoms with Gasteiger partial charge < -0.3 is 40.1 Å². The molecular weight excluding hydrogens is 1920 g/mol. The Balaban J connectivity index is 0.000000128. The van der Waals surface area contributed by atoms with Crippen LogP contribution in [0.1, 0.15) is 226 Å². The maximum atomic E-state index is 13.3. The lowest BCUT2D eigenvalue weighted by molar-refractivity contribution is -0.138. The van der Waals surface area contributed by atoms with E-state index in [2.05, 4.69) is 286 Å². The van der Waals surface area contributed by atoms with Crippen molar-refractivity contribution in [2.45, 2.75) is 177 Å². The number of allylic oxidation sites excluding steroid dienone is 1. The molecule has 21 aromatic rings. The van der Waals surface area contributed by atoms with E-state index in [0.29, 0.717) is 79.3 Å². The predicted octanol–water partition coefficient (Wildman–Crippen LogP) is 40.9. The molecule has 11 heterocycles. The molecule has 762 valence electrons. The van der Waals surface area contributed by atoms with Crippen LogP contribution in [0.25, 0.3) is 151 Å². The van der Waals surface area contributed by atoms with Crippen LogP contribution in [0, 0.1) is 0 Å². The van der Waals surface area contributed by atoms with E-state index < -0.39 is 23.5 Å². The van der Waals surface area contributed by atoms with Crippen LogP contribution in [-0.2, 0) is 18.8 Å². The van der Waals surface area contributed by atoms with E-state index in [1.807, 2.05) is 125 Å². The second kappa shape index (κ2) is 49.0. The number of alkyl halides is 6. The van der Waals surface area contributed by atoms with E-state index in [9.17, 15) is 26.3 Å². The van der Waals surface area contributed by atoms with E-state index >= 15 is 0 Å². The fourth-order valence-corrected chi connectivity index (χ4v) is 17.0. The van der Waals surface area contributed by atoms with Crippen molar-refractivity contribution in [1.29, 1.82) is 0 Å². The van der Waals surface area contributed by atoms with Gasteiger partial charge in [0.15, 0.2) is 0 Å². The Hall–Kier alpha value is -15.4. The van der Waals surface area contributed by atoms with Crippen LogP contribution in [0.4, 0.5) is 26.3 Å². The van der Waals surface area contributed by atoms with Gasteiger partial charge in [-0.25, -0.2) is 0 Å². The molecule has 0 N–H and O–H groups in total. The Morgan fingerprint density at radius 1 is 0.275 bits per heavy atom. The van der Waals surface area contributed by atoms with Crippen molar-refractivity contribution in [3.05, 3.63) is 437 Å². The second-order valence-electron chi connectivity index (χ2n) is 38.9. The number of para-hydroxylation sites is 1. The van der Waals surface area contributed by atoms with Crippen LogP contribution in [0.2, 0.25) is 10.0 Å². The molecule has 22 rings (SSSR count).